The van der Waals surface area contributed by atoms with E-state index >= 15 is 0 Å². The third-order valence-corrected chi connectivity index (χ3v) is 5.04. The summed E-state index contributed by atoms with van der Waals surface area (Å²) in [5, 5.41) is 2.70. The molecule has 0 aromatic heterocycles. The van der Waals surface area contributed by atoms with E-state index in [2.05, 4.69) is 5.32 Å². The third-order valence-electron chi connectivity index (χ3n) is 3.61. The standard InChI is InChI=1S/C17H17ClF2N2O5S/c1-26-15-8-13(16(27-2)7-11(15)18)21-17(23)9-22(28(3,24)25)14-5-4-10(19)6-12(14)20/h4-8H,9H2,1-3H3,(H,21,23). The van der Waals surface area contributed by atoms with Crippen LogP contribution < -0.4 is 19.1 Å². The fourth-order valence-corrected chi connectivity index (χ4v) is 3.43. The first kappa shape index (κ1) is 21.7. The molecule has 0 radical (unpaired) electrons. The van der Waals surface area contributed by atoms with Gasteiger partial charge in [0.05, 0.1) is 36.9 Å². The Kier molecular flexibility index (Phi) is 6.68. The van der Waals surface area contributed by atoms with Gasteiger partial charge in [0, 0.05) is 18.2 Å². The highest BCUT2D eigenvalue weighted by molar-refractivity contribution is 7.92. The van der Waals surface area contributed by atoms with Gasteiger partial charge in [-0.2, -0.15) is 0 Å². The van der Waals surface area contributed by atoms with E-state index in [1.807, 2.05) is 0 Å². The fraction of sp³-hybridized carbons (Fsp3) is 0.235. The van der Waals surface area contributed by atoms with Crippen molar-refractivity contribution in [2.24, 2.45) is 0 Å². The number of sulfonamides is 1. The van der Waals surface area contributed by atoms with Gasteiger partial charge in [-0.15, -0.1) is 0 Å². The Morgan fingerprint density at radius 2 is 1.79 bits per heavy atom. The molecule has 0 aliphatic carbocycles. The first-order valence-corrected chi connectivity index (χ1v) is 9.93. The number of carbonyl (C=O) groups is 1. The lowest BCUT2D eigenvalue weighted by atomic mass is 10.2. The topological polar surface area (TPSA) is 84.9 Å². The van der Waals surface area contributed by atoms with Crippen LogP contribution in [-0.2, 0) is 14.8 Å². The van der Waals surface area contributed by atoms with Crippen molar-refractivity contribution in [3.8, 4) is 11.5 Å². The summed E-state index contributed by atoms with van der Waals surface area (Å²) in [6.45, 7) is -0.754. The molecule has 7 nitrogen and oxygen atoms in total. The number of amides is 1. The molecule has 2 rings (SSSR count). The maximum absolute atomic E-state index is 14.0. The van der Waals surface area contributed by atoms with E-state index in [1.165, 1.54) is 26.4 Å². The molecular formula is C17H17ClF2N2O5S. The first-order chi connectivity index (χ1) is 13.1. The number of benzene rings is 2. The molecule has 0 aliphatic rings. The number of anilines is 2. The molecule has 0 aliphatic heterocycles. The predicted octanol–water partition coefficient (Wildman–Crippen LogP) is 3.04. The average Bonchev–Trinajstić information content (AvgIpc) is 2.60. The van der Waals surface area contributed by atoms with Crippen LogP contribution in [0.15, 0.2) is 30.3 Å². The molecule has 0 spiro atoms. The molecule has 11 heteroatoms. The normalized spacial score (nSPS) is 11.1. The smallest absolute Gasteiger partial charge is 0.245 e. The summed E-state index contributed by atoms with van der Waals surface area (Å²) in [7, 11) is -1.31. The molecule has 0 unspecified atom stereocenters. The van der Waals surface area contributed by atoms with Crippen LogP contribution in [-0.4, -0.2) is 41.3 Å². The zero-order chi connectivity index (χ0) is 21.1. The van der Waals surface area contributed by atoms with Crippen molar-refractivity contribution in [3.63, 3.8) is 0 Å². The summed E-state index contributed by atoms with van der Waals surface area (Å²) in [6.07, 6.45) is 0.801. The molecule has 0 heterocycles. The minimum absolute atomic E-state index is 0.168. The monoisotopic (exact) mass is 434 g/mol. The number of methoxy groups -OCH3 is 2. The number of halogens is 3. The second-order valence-electron chi connectivity index (χ2n) is 5.60. The van der Waals surface area contributed by atoms with Crippen molar-refractivity contribution >= 4 is 38.9 Å². The first-order valence-electron chi connectivity index (χ1n) is 7.71. The Morgan fingerprint density at radius 1 is 1.14 bits per heavy atom. The maximum Gasteiger partial charge on any atom is 0.245 e. The number of hydrogen-bond acceptors (Lipinski definition) is 5. The molecule has 1 N–H and O–H groups in total. The lowest BCUT2D eigenvalue weighted by molar-refractivity contribution is -0.114. The van der Waals surface area contributed by atoms with Crippen LogP contribution in [0.25, 0.3) is 0 Å². The van der Waals surface area contributed by atoms with Gasteiger partial charge in [0.25, 0.3) is 0 Å². The largest absolute Gasteiger partial charge is 0.495 e. The second kappa shape index (κ2) is 8.61. The number of ether oxygens (including phenoxy) is 2. The van der Waals surface area contributed by atoms with E-state index in [9.17, 15) is 22.0 Å². The summed E-state index contributed by atoms with van der Waals surface area (Å²) < 4.78 is 62.0. The summed E-state index contributed by atoms with van der Waals surface area (Å²) in [5.41, 5.74) is -0.290. The molecule has 0 bridgehead atoms. The molecule has 0 saturated carbocycles. The highest BCUT2D eigenvalue weighted by Crippen LogP contribution is 2.36. The van der Waals surface area contributed by atoms with Crippen molar-refractivity contribution in [2.75, 3.05) is 36.6 Å². The van der Waals surface area contributed by atoms with Crippen molar-refractivity contribution in [1.82, 2.24) is 0 Å². The zero-order valence-corrected chi connectivity index (χ0v) is 16.7. The van der Waals surface area contributed by atoms with E-state index in [0.717, 1.165) is 18.4 Å². The van der Waals surface area contributed by atoms with Crippen LogP contribution in [0.2, 0.25) is 5.02 Å². The van der Waals surface area contributed by atoms with Crippen LogP contribution in [0.3, 0.4) is 0 Å². The molecule has 2 aromatic carbocycles. The third kappa shape index (κ3) is 5.02. The minimum Gasteiger partial charge on any atom is -0.495 e. The predicted molar refractivity (Wildman–Crippen MR) is 102 cm³/mol. The number of nitrogens with zero attached hydrogens (tertiary/aromatic N) is 1. The number of rotatable bonds is 7. The summed E-state index contributed by atoms with van der Waals surface area (Å²) in [6, 6.07) is 5.15. The van der Waals surface area contributed by atoms with Crippen molar-refractivity contribution < 1.29 is 31.5 Å². The highest BCUT2D eigenvalue weighted by Gasteiger charge is 2.24. The molecule has 28 heavy (non-hydrogen) atoms. The SMILES string of the molecule is COc1cc(NC(=O)CN(c2ccc(F)cc2F)S(C)(=O)=O)c(OC)cc1Cl. The Morgan fingerprint density at radius 3 is 2.32 bits per heavy atom. The maximum atomic E-state index is 14.0. The molecule has 0 atom stereocenters. The van der Waals surface area contributed by atoms with Gasteiger partial charge in [-0.05, 0) is 12.1 Å². The molecule has 1 amide bonds. The van der Waals surface area contributed by atoms with Crippen LogP contribution in [0, 0.1) is 11.6 Å². The van der Waals surface area contributed by atoms with Crippen molar-refractivity contribution in [3.05, 3.63) is 47.0 Å². The molecule has 0 saturated heterocycles. The van der Waals surface area contributed by atoms with Crippen LogP contribution >= 0.6 is 11.6 Å². The number of carbonyl (C=O) groups excluding carboxylic acids is 1. The van der Waals surface area contributed by atoms with Gasteiger partial charge >= 0.3 is 0 Å². The molecule has 2 aromatic rings. The Balaban J connectivity index is 2.33. The van der Waals surface area contributed by atoms with Crippen LogP contribution in [0.4, 0.5) is 20.2 Å². The Hall–Kier alpha value is -2.59. The van der Waals surface area contributed by atoms with E-state index in [4.69, 9.17) is 21.1 Å². The summed E-state index contributed by atoms with van der Waals surface area (Å²) in [5.74, 6) is -2.33. The number of nitrogens with one attached hydrogen (secondary N) is 1. The fourth-order valence-electron chi connectivity index (χ4n) is 2.34. The molecule has 152 valence electrons. The highest BCUT2D eigenvalue weighted by atomic mass is 35.5. The van der Waals surface area contributed by atoms with Gasteiger partial charge in [0.1, 0.15) is 29.7 Å². The van der Waals surface area contributed by atoms with Gasteiger partial charge in [-0.1, -0.05) is 11.6 Å². The van der Waals surface area contributed by atoms with Crippen LogP contribution in [0.1, 0.15) is 0 Å². The van der Waals surface area contributed by atoms with Crippen molar-refractivity contribution in [1.29, 1.82) is 0 Å². The van der Waals surface area contributed by atoms with Gasteiger partial charge in [0.2, 0.25) is 15.9 Å². The second-order valence-corrected chi connectivity index (χ2v) is 7.91. The van der Waals surface area contributed by atoms with E-state index in [0.29, 0.717) is 10.4 Å². The van der Waals surface area contributed by atoms with Gasteiger partial charge in [-0.25, -0.2) is 17.2 Å². The Bertz CT molecular complexity index is 1000. The quantitative estimate of drug-likeness (QED) is 0.724. The van der Waals surface area contributed by atoms with E-state index in [-0.39, 0.29) is 22.2 Å². The summed E-state index contributed by atoms with van der Waals surface area (Å²) >= 11 is 5.99. The lowest BCUT2D eigenvalue weighted by Crippen LogP contribution is -2.38. The van der Waals surface area contributed by atoms with Gasteiger partial charge in [0.15, 0.2) is 0 Å². The zero-order valence-electron chi connectivity index (χ0n) is 15.1. The van der Waals surface area contributed by atoms with Gasteiger partial charge < -0.3 is 14.8 Å². The van der Waals surface area contributed by atoms with Crippen molar-refractivity contribution in [2.45, 2.75) is 0 Å². The van der Waals surface area contributed by atoms with E-state index < -0.39 is 39.8 Å². The van der Waals surface area contributed by atoms with Gasteiger partial charge in [-0.3, -0.25) is 9.10 Å². The average molecular weight is 435 g/mol. The number of hydrogen-bond donors (Lipinski definition) is 1. The molecular weight excluding hydrogens is 418 g/mol. The lowest BCUT2D eigenvalue weighted by Gasteiger charge is -2.22. The van der Waals surface area contributed by atoms with E-state index in [1.54, 1.807) is 0 Å². The molecule has 0 fully saturated rings. The minimum atomic E-state index is -4.04. The Labute approximate surface area is 165 Å². The summed E-state index contributed by atoms with van der Waals surface area (Å²) in [4.78, 5) is 12.4. The van der Waals surface area contributed by atoms with Crippen LogP contribution in [0.5, 0.6) is 11.5 Å².